The first-order chi connectivity index (χ1) is 8.03. The molecule has 0 saturated carbocycles. The molecule has 0 amide bonds. The van der Waals surface area contributed by atoms with E-state index in [0.29, 0.717) is 6.54 Å². The summed E-state index contributed by atoms with van der Waals surface area (Å²) in [4.78, 5) is 0. The molecule has 0 spiro atoms. The number of nitrogens with zero attached hydrogens (tertiary/aromatic N) is 3. The van der Waals surface area contributed by atoms with Gasteiger partial charge in [-0.1, -0.05) is 38.3 Å². The van der Waals surface area contributed by atoms with E-state index in [2.05, 4.69) is 17.2 Å². The van der Waals surface area contributed by atoms with Crippen molar-refractivity contribution in [3.63, 3.8) is 0 Å². The summed E-state index contributed by atoms with van der Waals surface area (Å²) in [7, 11) is -3.36. The number of sulfone groups is 1. The molecular weight excluding hydrogens is 240 g/mol. The fourth-order valence-electron chi connectivity index (χ4n) is 1.52. The molecule has 6 nitrogen and oxygen atoms in total. The number of nitrogen functional groups attached to an aromatic ring is 1. The van der Waals surface area contributed by atoms with Gasteiger partial charge in [-0.2, -0.15) is 0 Å². The number of rotatable bonds is 7. The van der Waals surface area contributed by atoms with E-state index in [1.807, 2.05) is 0 Å². The fraction of sp³-hybridized carbons (Fsp3) is 0.800. The van der Waals surface area contributed by atoms with Crippen molar-refractivity contribution in [1.82, 2.24) is 15.0 Å². The summed E-state index contributed by atoms with van der Waals surface area (Å²) >= 11 is 0. The highest BCUT2D eigenvalue weighted by Crippen LogP contribution is 2.16. The topological polar surface area (TPSA) is 90.9 Å². The molecule has 98 valence electrons. The third-order valence-electron chi connectivity index (χ3n) is 2.64. The average molecular weight is 260 g/mol. The Morgan fingerprint density at radius 3 is 2.53 bits per heavy atom. The van der Waals surface area contributed by atoms with Gasteiger partial charge in [0.15, 0.2) is 5.82 Å². The van der Waals surface area contributed by atoms with Gasteiger partial charge in [-0.25, -0.2) is 13.1 Å². The lowest BCUT2D eigenvalue weighted by Gasteiger charge is -2.03. The summed E-state index contributed by atoms with van der Waals surface area (Å²) in [5, 5.41) is 7.36. The monoisotopic (exact) mass is 260 g/mol. The molecule has 7 heteroatoms. The molecule has 0 fully saturated rings. The quantitative estimate of drug-likeness (QED) is 0.745. The number of aromatic nitrogens is 3. The van der Waals surface area contributed by atoms with E-state index in [1.54, 1.807) is 6.92 Å². The minimum Gasteiger partial charge on any atom is -0.381 e. The smallest absolute Gasteiger partial charge is 0.220 e. The van der Waals surface area contributed by atoms with Crippen LogP contribution in [0.25, 0.3) is 0 Å². The molecule has 1 aromatic rings. The highest BCUT2D eigenvalue weighted by Gasteiger charge is 2.21. The predicted octanol–water partition coefficient (Wildman–Crippen LogP) is 1.23. The third kappa shape index (κ3) is 3.42. The number of nitrogens with two attached hydrogens (primary N) is 1. The molecule has 0 saturated heterocycles. The van der Waals surface area contributed by atoms with Gasteiger partial charge in [-0.05, 0) is 6.42 Å². The fourth-order valence-corrected chi connectivity index (χ4v) is 2.37. The SMILES string of the molecule is CCCCCCn1nnc(S(=O)(=O)CC)c1N. The average Bonchev–Trinajstić information content (AvgIpc) is 2.67. The highest BCUT2D eigenvalue weighted by atomic mass is 32.2. The molecule has 1 rings (SSSR count). The van der Waals surface area contributed by atoms with Gasteiger partial charge in [-0.3, -0.25) is 0 Å². The van der Waals surface area contributed by atoms with E-state index in [1.165, 1.54) is 4.68 Å². The number of unbranched alkanes of at least 4 members (excludes halogenated alkanes) is 3. The molecule has 0 radical (unpaired) electrons. The Hall–Kier alpha value is -1.11. The summed E-state index contributed by atoms with van der Waals surface area (Å²) in [5.74, 6) is 0.148. The van der Waals surface area contributed by atoms with Gasteiger partial charge < -0.3 is 5.73 Å². The first-order valence-corrected chi connectivity index (χ1v) is 7.59. The Morgan fingerprint density at radius 1 is 1.24 bits per heavy atom. The van der Waals surface area contributed by atoms with Gasteiger partial charge in [0.1, 0.15) is 0 Å². The Balaban J connectivity index is 2.71. The standard InChI is InChI=1S/C10H20N4O2S/c1-3-5-6-7-8-14-9(11)10(12-13-14)17(15,16)4-2/h3-8,11H2,1-2H3. The Bertz CT molecular complexity index is 453. The lowest BCUT2D eigenvalue weighted by Crippen LogP contribution is -2.09. The van der Waals surface area contributed by atoms with E-state index in [9.17, 15) is 8.42 Å². The number of aryl methyl sites for hydroxylation is 1. The normalized spacial score (nSPS) is 11.9. The summed E-state index contributed by atoms with van der Waals surface area (Å²) in [5.41, 5.74) is 5.74. The molecule has 0 aliphatic heterocycles. The predicted molar refractivity (Wildman–Crippen MR) is 66.3 cm³/mol. The second kappa shape index (κ2) is 6.00. The number of hydrogen-bond donors (Lipinski definition) is 1. The van der Waals surface area contributed by atoms with Crippen LogP contribution in [0.5, 0.6) is 0 Å². The van der Waals surface area contributed by atoms with Crippen LogP contribution in [0.4, 0.5) is 5.82 Å². The van der Waals surface area contributed by atoms with Crippen LogP contribution in [-0.2, 0) is 16.4 Å². The second-order valence-corrected chi connectivity index (χ2v) is 6.16. The summed E-state index contributed by atoms with van der Waals surface area (Å²) in [6.07, 6.45) is 4.34. The van der Waals surface area contributed by atoms with E-state index >= 15 is 0 Å². The molecule has 0 aliphatic carbocycles. The maximum absolute atomic E-state index is 11.6. The molecule has 17 heavy (non-hydrogen) atoms. The molecule has 0 bridgehead atoms. The number of anilines is 1. The second-order valence-electron chi connectivity index (χ2n) is 3.97. The third-order valence-corrected chi connectivity index (χ3v) is 4.28. The van der Waals surface area contributed by atoms with Crippen LogP contribution in [0.15, 0.2) is 5.03 Å². The van der Waals surface area contributed by atoms with E-state index in [0.717, 1.165) is 25.7 Å². The van der Waals surface area contributed by atoms with Crippen molar-refractivity contribution in [2.24, 2.45) is 0 Å². The molecule has 0 aromatic carbocycles. The highest BCUT2D eigenvalue weighted by molar-refractivity contribution is 7.91. The largest absolute Gasteiger partial charge is 0.381 e. The van der Waals surface area contributed by atoms with E-state index in [-0.39, 0.29) is 16.6 Å². The van der Waals surface area contributed by atoms with Crippen LogP contribution in [0.3, 0.4) is 0 Å². The zero-order valence-corrected chi connectivity index (χ0v) is 11.2. The van der Waals surface area contributed by atoms with Gasteiger partial charge in [0.25, 0.3) is 0 Å². The van der Waals surface area contributed by atoms with Crippen molar-refractivity contribution in [2.45, 2.75) is 51.1 Å². The Labute approximate surface area is 102 Å². The zero-order valence-electron chi connectivity index (χ0n) is 10.4. The van der Waals surface area contributed by atoms with Crippen LogP contribution in [0.2, 0.25) is 0 Å². The van der Waals surface area contributed by atoms with Gasteiger partial charge in [0.05, 0.1) is 5.75 Å². The van der Waals surface area contributed by atoms with Gasteiger partial charge in [0, 0.05) is 6.54 Å². The van der Waals surface area contributed by atoms with Crippen LogP contribution < -0.4 is 5.73 Å². The van der Waals surface area contributed by atoms with Crippen LogP contribution in [-0.4, -0.2) is 29.2 Å². The summed E-state index contributed by atoms with van der Waals surface area (Å²) in [6, 6.07) is 0. The lowest BCUT2D eigenvalue weighted by molar-refractivity contribution is 0.532. The molecule has 2 N–H and O–H groups in total. The Morgan fingerprint density at radius 2 is 1.94 bits per heavy atom. The van der Waals surface area contributed by atoms with Crippen LogP contribution in [0.1, 0.15) is 39.5 Å². The lowest BCUT2D eigenvalue weighted by atomic mass is 10.2. The van der Waals surface area contributed by atoms with E-state index < -0.39 is 9.84 Å². The van der Waals surface area contributed by atoms with Crippen molar-refractivity contribution in [3.8, 4) is 0 Å². The zero-order chi connectivity index (χ0) is 12.9. The van der Waals surface area contributed by atoms with Crippen LogP contribution >= 0.6 is 0 Å². The van der Waals surface area contributed by atoms with Crippen molar-refractivity contribution < 1.29 is 8.42 Å². The summed E-state index contributed by atoms with van der Waals surface area (Å²) < 4.78 is 24.7. The van der Waals surface area contributed by atoms with Gasteiger partial charge in [0.2, 0.25) is 14.9 Å². The summed E-state index contributed by atoms with van der Waals surface area (Å²) in [6.45, 7) is 4.32. The molecule has 1 aromatic heterocycles. The maximum atomic E-state index is 11.6. The first-order valence-electron chi connectivity index (χ1n) is 5.94. The van der Waals surface area contributed by atoms with Gasteiger partial charge >= 0.3 is 0 Å². The van der Waals surface area contributed by atoms with Crippen molar-refractivity contribution in [3.05, 3.63) is 0 Å². The van der Waals surface area contributed by atoms with Gasteiger partial charge in [-0.15, -0.1) is 5.10 Å². The Kier molecular flexibility index (Phi) is 4.92. The first kappa shape index (κ1) is 14.0. The van der Waals surface area contributed by atoms with Crippen LogP contribution in [0, 0.1) is 0 Å². The maximum Gasteiger partial charge on any atom is 0.220 e. The number of hydrogen-bond acceptors (Lipinski definition) is 5. The molecule has 1 heterocycles. The van der Waals surface area contributed by atoms with Crippen molar-refractivity contribution >= 4 is 15.7 Å². The van der Waals surface area contributed by atoms with Crippen molar-refractivity contribution in [1.29, 1.82) is 0 Å². The molecule has 0 atom stereocenters. The minimum absolute atomic E-state index is 0.00821. The molecule has 0 aliphatic rings. The van der Waals surface area contributed by atoms with Crippen molar-refractivity contribution in [2.75, 3.05) is 11.5 Å². The minimum atomic E-state index is -3.36. The molecule has 0 unspecified atom stereocenters. The molecular formula is C10H20N4O2S. The van der Waals surface area contributed by atoms with E-state index in [4.69, 9.17) is 5.73 Å².